The van der Waals surface area contributed by atoms with Crippen molar-refractivity contribution in [1.82, 2.24) is 0 Å². The molecule has 4 nitrogen and oxygen atoms in total. The fraction of sp³-hybridized carbons (Fsp3) is 0.625. The quantitative estimate of drug-likeness (QED) is 0.903. The van der Waals surface area contributed by atoms with Crippen LogP contribution in [0.2, 0.25) is 0 Å². The highest BCUT2D eigenvalue weighted by atomic mass is 16.5. The van der Waals surface area contributed by atoms with Crippen molar-refractivity contribution in [1.29, 1.82) is 0 Å². The molecule has 0 saturated heterocycles. The summed E-state index contributed by atoms with van der Waals surface area (Å²) >= 11 is 0. The number of ether oxygens (including phenoxy) is 3. The van der Waals surface area contributed by atoms with Crippen molar-refractivity contribution < 1.29 is 14.2 Å². The van der Waals surface area contributed by atoms with Crippen LogP contribution >= 0.6 is 0 Å². The summed E-state index contributed by atoms with van der Waals surface area (Å²) in [6.07, 6.45) is 6.51. The predicted octanol–water partition coefficient (Wildman–Crippen LogP) is 2.97. The molecule has 1 aliphatic carbocycles. The molecule has 0 unspecified atom stereocenters. The highest BCUT2D eigenvalue weighted by Gasteiger charge is 2.34. The van der Waals surface area contributed by atoms with Gasteiger partial charge in [-0.3, -0.25) is 0 Å². The summed E-state index contributed by atoms with van der Waals surface area (Å²) in [5.41, 5.74) is 7.41. The van der Waals surface area contributed by atoms with E-state index in [0.29, 0.717) is 13.2 Å². The fourth-order valence-corrected chi connectivity index (χ4v) is 3.26. The zero-order chi connectivity index (χ0) is 14.0. The van der Waals surface area contributed by atoms with Crippen LogP contribution in [0.1, 0.15) is 44.1 Å². The van der Waals surface area contributed by atoms with E-state index in [4.69, 9.17) is 19.9 Å². The zero-order valence-corrected chi connectivity index (χ0v) is 12.1. The van der Waals surface area contributed by atoms with Gasteiger partial charge in [-0.05, 0) is 25.0 Å². The Bertz CT molecular complexity index is 481. The Morgan fingerprint density at radius 3 is 2.55 bits per heavy atom. The number of rotatable bonds is 2. The maximum absolute atomic E-state index is 6.65. The molecule has 1 fully saturated rings. The van der Waals surface area contributed by atoms with Crippen LogP contribution < -0.4 is 19.9 Å². The number of methoxy groups -OCH3 is 1. The predicted molar refractivity (Wildman–Crippen MR) is 77.6 cm³/mol. The maximum atomic E-state index is 6.65. The molecule has 1 aromatic carbocycles. The monoisotopic (exact) mass is 277 g/mol. The van der Waals surface area contributed by atoms with Gasteiger partial charge in [0.1, 0.15) is 0 Å². The highest BCUT2D eigenvalue weighted by molar-refractivity contribution is 5.58. The molecule has 0 atom stereocenters. The molecular formula is C16H23NO3. The number of benzene rings is 1. The van der Waals surface area contributed by atoms with Gasteiger partial charge in [0.05, 0.1) is 20.3 Å². The molecule has 20 heavy (non-hydrogen) atoms. The van der Waals surface area contributed by atoms with Gasteiger partial charge in [0.15, 0.2) is 11.5 Å². The minimum absolute atomic E-state index is 0.297. The van der Waals surface area contributed by atoms with Crippen LogP contribution in [0, 0.1) is 0 Å². The lowest BCUT2D eigenvalue weighted by Crippen LogP contribution is -2.39. The van der Waals surface area contributed by atoms with E-state index < -0.39 is 0 Å². The van der Waals surface area contributed by atoms with Crippen LogP contribution in [0.4, 0.5) is 0 Å². The van der Waals surface area contributed by atoms with Gasteiger partial charge < -0.3 is 19.9 Å². The third kappa shape index (κ3) is 2.33. The second-order valence-electron chi connectivity index (χ2n) is 5.74. The second-order valence-corrected chi connectivity index (χ2v) is 5.74. The number of nitrogens with two attached hydrogens (primary N) is 1. The van der Waals surface area contributed by atoms with Gasteiger partial charge in [-0.1, -0.05) is 19.3 Å². The standard InChI is InChI=1S/C16H23NO3/c1-18-14-12(16(17)8-3-2-4-9-16)6-7-13-15(14)20-11-5-10-19-13/h6-7H,2-5,8-11,17H2,1H3. The van der Waals surface area contributed by atoms with Gasteiger partial charge in [-0.25, -0.2) is 0 Å². The van der Waals surface area contributed by atoms with E-state index in [1.54, 1.807) is 7.11 Å². The van der Waals surface area contributed by atoms with Crippen molar-refractivity contribution in [3.05, 3.63) is 17.7 Å². The normalized spacial score (nSPS) is 21.1. The lowest BCUT2D eigenvalue weighted by Gasteiger charge is -2.35. The summed E-state index contributed by atoms with van der Waals surface area (Å²) in [5, 5.41) is 0. The van der Waals surface area contributed by atoms with E-state index in [1.165, 1.54) is 19.3 Å². The Labute approximate surface area is 120 Å². The number of fused-ring (bicyclic) bond motifs is 1. The first-order valence-electron chi connectivity index (χ1n) is 7.50. The molecule has 1 aliphatic heterocycles. The molecule has 0 aromatic heterocycles. The molecule has 2 aliphatic rings. The van der Waals surface area contributed by atoms with Crippen molar-refractivity contribution in [2.45, 2.75) is 44.1 Å². The molecule has 1 aromatic rings. The topological polar surface area (TPSA) is 53.7 Å². The largest absolute Gasteiger partial charge is 0.492 e. The molecule has 110 valence electrons. The molecule has 1 saturated carbocycles. The number of hydrogen-bond acceptors (Lipinski definition) is 4. The average Bonchev–Trinajstić information content (AvgIpc) is 2.72. The van der Waals surface area contributed by atoms with E-state index in [0.717, 1.165) is 42.1 Å². The van der Waals surface area contributed by atoms with Crippen LogP contribution in [0.15, 0.2) is 12.1 Å². The summed E-state index contributed by atoms with van der Waals surface area (Å²) in [7, 11) is 1.68. The van der Waals surface area contributed by atoms with Gasteiger partial charge in [0.2, 0.25) is 5.75 Å². The average molecular weight is 277 g/mol. The molecule has 0 spiro atoms. The molecule has 4 heteroatoms. The number of hydrogen-bond donors (Lipinski definition) is 1. The van der Waals surface area contributed by atoms with Crippen molar-refractivity contribution in [3.8, 4) is 17.2 Å². The maximum Gasteiger partial charge on any atom is 0.203 e. The van der Waals surface area contributed by atoms with E-state index in [-0.39, 0.29) is 5.54 Å². The summed E-state index contributed by atoms with van der Waals surface area (Å²) < 4.78 is 17.2. The van der Waals surface area contributed by atoms with Crippen LogP contribution in [0.3, 0.4) is 0 Å². The van der Waals surface area contributed by atoms with Crippen molar-refractivity contribution in [2.75, 3.05) is 20.3 Å². The first-order valence-corrected chi connectivity index (χ1v) is 7.50. The van der Waals surface area contributed by atoms with E-state index in [9.17, 15) is 0 Å². The lowest BCUT2D eigenvalue weighted by atomic mass is 9.77. The third-order valence-electron chi connectivity index (χ3n) is 4.35. The summed E-state index contributed by atoms with van der Waals surface area (Å²) in [4.78, 5) is 0. The lowest BCUT2D eigenvalue weighted by molar-refractivity contribution is 0.271. The molecule has 0 amide bonds. The highest BCUT2D eigenvalue weighted by Crippen LogP contribution is 2.47. The first-order chi connectivity index (χ1) is 9.74. The molecule has 3 rings (SSSR count). The van der Waals surface area contributed by atoms with Crippen LogP contribution in [0.25, 0.3) is 0 Å². The van der Waals surface area contributed by atoms with Gasteiger partial charge in [0.25, 0.3) is 0 Å². The molecular weight excluding hydrogens is 254 g/mol. The van der Waals surface area contributed by atoms with Crippen molar-refractivity contribution in [3.63, 3.8) is 0 Å². The van der Waals surface area contributed by atoms with Crippen LogP contribution in [-0.4, -0.2) is 20.3 Å². The summed E-state index contributed by atoms with van der Waals surface area (Å²) in [6, 6.07) is 4.03. The smallest absolute Gasteiger partial charge is 0.203 e. The van der Waals surface area contributed by atoms with E-state index in [2.05, 4.69) is 6.07 Å². The minimum atomic E-state index is -0.297. The Morgan fingerprint density at radius 2 is 1.80 bits per heavy atom. The zero-order valence-electron chi connectivity index (χ0n) is 12.1. The summed E-state index contributed by atoms with van der Waals surface area (Å²) in [5.74, 6) is 2.24. The van der Waals surface area contributed by atoms with E-state index in [1.807, 2.05) is 6.07 Å². The molecule has 0 radical (unpaired) electrons. The Hall–Kier alpha value is -1.42. The van der Waals surface area contributed by atoms with Crippen LogP contribution in [-0.2, 0) is 5.54 Å². The SMILES string of the molecule is COc1c(C2(N)CCCCC2)ccc2c1OCCCO2. The minimum Gasteiger partial charge on any atom is -0.492 e. The Morgan fingerprint density at radius 1 is 1.05 bits per heavy atom. The van der Waals surface area contributed by atoms with Crippen molar-refractivity contribution >= 4 is 0 Å². The Kier molecular flexibility index (Phi) is 3.74. The van der Waals surface area contributed by atoms with Gasteiger partial charge in [-0.15, -0.1) is 0 Å². The third-order valence-corrected chi connectivity index (χ3v) is 4.35. The van der Waals surface area contributed by atoms with Crippen molar-refractivity contribution in [2.24, 2.45) is 5.73 Å². The molecule has 1 heterocycles. The Balaban J connectivity index is 2.05. The second kappa shape index (κ2) is 5.52. The van der Waals surface area contributed by atoms with Gasteiger partial charge >= 0.3 is 0 Å². The first kappa shape index (κ1) is 13.6. The van der Waals surface area contributed by atoms with Crippen LogP contribution in [0.5, 0.6) is 17.2 Å². The fourth-order valence-electron chi connectivity index (χ4n) is 3.26. The van der Waals surface area contributed by atoms with Gasteiger partial charge in [0, 0.05) is 17.5 Å². The summed E-state index contributed by atoms with van der Waals surface area (Å²) in [6.45, 7) is 1.34. The van der Waals surface area contributed by atoms with Gasteiger partial charge in [-0.2, -0.15) is 0 Å². The molecule has 0 bridgehead atoms. The van der Waals surface area contributed by atoms with E-state index >= 15 is 0 Å². The molecule has 2 N–H and O–H groups in total.